The highest BCUT2D eigenvalue weighted by molar-refractivity contribution is 5.91. The first kappa shape index (κ1) is 14.9. The van der Waals surface area contributed by atoms with Crippen molar-refractivity contribution < 1.29 is 4.79 Å². The van der Waals surface area contributed by atoms with Crippen LogP contribution in [0.4, 0.5) is 0 Å². The third kappa shape index (κ3) is 5.14. The van der Waals surface area contributed by atoms with Crippen LogP contribution in [0.3, 0.4) is 0 Å². The van der Waals surface area contributed by atoms with Gasteiger partial charge in [0.1, 0.15) is 5.69 Å². The lowest BCUT2D eigenvalue weighted by Crippen LogP contribution is -2.32. The fraction of sp³-hybridized carbons (Fsp3) is 0.600. The average molecular weight is 247 g/mol. The van der Waals surface area contributed by atoms with Crippen molar-refractivity contribution in [1.82, 2.24) is 20.2 Å². The molecule has 0 saturated carbocycles. The quantitative estimate of drug-likeness (QED) is 0.722. The van der Waals surface area contributed by atoms with E-state index in [0.29, 0.717) is 12.2 Å². The third-order valence-electron chi connectivity index (χ3n) is 1.95. The summed E-state index contributed by atoms with van der Waals surface area (Å²) in [5, 5.41) is 6.00. The van der Waals surface area contributed by atoms with Crippen LogP contribution in [0.1, 0.15) is 23.8 Å². The molecule has 0 bridgehead atoms. The van der Waals surface area contributed by atoms with Crippen LogP contribution < -0.4 is 10.6 Å². The smallest absolute Gasteiger partial charge is 0.271 e. The van der Waals surface area contributed by atoms with Gasteiger partial charge in [0.25, 0.3) is 5.91 Å². The number of aryl methyl sites for hydroxylation is 1. The first-order chi connectivity index (χ1) is 7.24. The van der Waals surface area contributed by atoms with Crippen molar-refractivity contribution in [2.24, 2.45) is 7.05 Å². The molecule has 0 atom stereocenters. The van der Waals surface area contributed by atoms with Gasteiger partial charge in [-0.05, 0) is 13.0 Å². The van der Waals surface area contributed by atoms with Gasteiger partial charge in [-0.2, -0.15) is 0 Å². The number of aromatic nitrogens is 2. The Morgan fingerprint density at radius 1 is 1.44 bits per heavy atom. The highest BCUT2D eigenvalue weighted by Crippen LogP contribution is 1.92. The average Bonchev–Trinajstić information content (AvgIpc) is 2.64. The van der Waals surface area contributed by atoms with E-state index in [-0.39, 0.29) is 18.3 Å². The zero-order valence-electron chi connectivity index (χ0n) is 9.69. The van der Waals surface area contributed by atoms with E-state index >= 15 is 0 Å². The lowest BCUT2D eigenvalue weighted by atomic mass is 10.4. The predicted molar refractivity (Wildman–Crippen MR) is 65.9 cm³/mol. The van der Waals surface area contributed by atoms with Crippen molar-refractivity contribution in [2.45, 2.75) is 13.3 Å². The Kier molecular flexibility index (Phi) is 7.58. The van der Waals surface area contributed by atoms with Crippen LogP contribution in [0.25, 0.3) is 0 Å². The molecule has 1 rings (SSSR count). The monoisotopic (exact) mass is 246 g/mol. The molecule has 1 amide bonds. The molecule has 92 valence electrons. The predicted octanol–water partition coefficient (Wildman–Crippen LogP) is 0.571. The molecule has 1 aromatic heterocycles. The van der Waals surface area contributed by atoms with Gasteiger partial charge in [-0.15, -0.1) is 12.4 Å². The van der Waals surface area contributed by atoms with E-state index in [1.807, 2.05) is 7.05 Å². The molecule has 0 aliphatic rings. The highest BCUT2D eigenvalue weighted by Gasteiger charge is 2.06. The molecule has 0 spiro atoms. The zero-order chi connectivity index (χ0) is 11.1. The number of rotatable bonds is 6. The first-order valence-electron chi connectivity index (χ1n) is 5.21. The number of amides is 1. The van der Waals surface area contributed by atoms with Crippen molar-refractivity contribution in [1.29, 1.82) is 0 Å². The summed E-state index contributed by atoms with van der Waals surface area (Å²) in [7, 11) is 1.84. The molecule has 0 aromatic carbocycles. The number of hydrogen-bond donors (Lipinski definition) is 2. The largest absolute Gasteiger partial charge is 0.349 e. The van der Waals surface area contributed by atoms with Gasteiger partial charge in [-0.3, -0.25) is 4.79 Å². The molecule has 0 unspecified atom stereocenters. The number of hydrogen-bond acceptors (Lipinski definition) is 3. The Bertz CT molecular complexity index is 314. The van der Waals surface area contributed by atoms with E-state index in [4.69, 9.17) is 0 Å². The van der Waals surface area contributed by atoms with Crippen LogP contribution in [-0.4, -0.2) is 35.1 Å². The maximum absolute atomic E-state index is 11.5. The van der Waals surface area contributed by atoms with E-state index in [0.717, 1.165) is 19.5 Å². The highest BCUT2D eigenvalue weighted by atomic mass is 35.5. The number of carbonyl (C=O) groups is 1. The standard InChI is InChI=1S/C10H18N4O.ClH/c1-3-4-11-5-6-12-10(15)9-7-14(2)8-13-9;/h7-8,11H,3-6H2,1-2H3,(H,12,15);1H. The second-order valence-electron chi connectivity index (χ2n) is 3.43. The topological polar surface area (TPSA) is 58.9 Å². The summed E-state index contributed by atoms with van der Waals surface area (Å²) in [5.41, 5.74) is 0.466. The molecular formula is C10H19ClN4O. The van der Waals surface area contributed by atoms with Crippen molar-refractivity contribution in [2.75, 3.05) is 19.6 Å². The van der Waals surface area contributed by atoms with Crippen LogP contribution in [0, 0.1) is 0 Å². The van der Waals surface area contributed by atoms with E-state index in [9.17, 15) is 4.79 Å². The van der Waals surface area contributed by atoms with Gasteiger partial charge in [0, 0.05) is 26.3 Å². The van der Waals surface area contributed by atoms with Gasteiger partial charge >= 0.3 is 0 Å². The lowest BCUT2D eigenvalue weighted by Gasteiger charge is -2.03. The number of nitrogens with zero attached hydrogens (tertiary/aromatic N) is 2. The Balaban J connectivity index is 0.00000225. The van der Waals surface area contributed by atoms with Gasteiger partial charge in [-0.1, -0.05) is 6.92 Å². The molecule has 0 saturated heterocycles. The summed E-state index contributed by atoms with van der Waals surface area (Å²) in [6.45, 7) is 4.53. The van der Waals surface area contributed by atoms with Gasteiger partial charge in [0.15, 0.2) is 0 Å². The summed E-state index contributed by atoms with van der Waals surface area (Å²) in [4.78, 5) is 15.4. The molecular weight excluding hydrogens is 228 g/mol. The minimum absolute atomic E-state index is 0. The van der Waals surface area contributed by atoms with Crippen LogP contribution in [0.5, 0.6) is 0 Å². The minimum atomic E-state index is -0.117. The maximum atomic E-state index is 11.5. The van der Waals surface area contributed by atoms with Crippen molar-refractivity contribution in [3.8, 4) is 0 Å². The molecule has 0 fully saturated rings. The van der Waals surface area contributed by atoms with Crippen LogP contribution in [0.2, 0.25) is 0 Å². The van der Waals surface area contributed by atoms with Crippen LogP contribution in [0.15, 0.2) is 12.5 Å². The van der Waals surface area contributed by atoms with E-state index in [2.05, 4.69) is 22.5 Å². The second kappa shape index (κ2) is 8.13. The summed E-state index contributed by atoms with van der Waals surface area (Å²) in [6, 6.07) is 0. The lowest BCUT2D eigenvalue weighted by molar-refractivity contribution is 0.0949. The second-order valence-corrected chi connectivity index (χ2v) is 3.43. The summed E-state index contributed by atoms with van der Waals surface area (Å²) in [5.74, 6) is -0.117. The molecule has 5 nitrogen and oxygen atoms in total. The van der Waals surface area contributed by atoms with E-state index < -0.39 is 0 Å². The molecule has 16 heavy (non-hydrogen) atoms. The molecule has 2 N–H and O–H groups in total. The van der Waals surface area contributed by atoms with Gasteiger partial charge < -0.3 is 15.2 Å². The SMILES string of the molecule is CCCNCCNC(=O)c1cn(C)cn1.Cl. The number of carbonyl (C=O) groups excluding carboxylic acids is 1. The Labute approximate surface area is 102 Å². The Morgan fingerprint density at radius 3 is 2.75 bits per heavy atom. The van der Waals surface area contributed by atoms with Crippen molar-refractivity contribution >= 4 is 18.3 Å². The first-order valence-corrected chi connectivity index (χ1v) is 5.21. The zero-order valence-corrected chi connectivity index (χ0v) is 10.5. The van der Waals surface area contributed by atoms with Gasteiger partial charge in [0.2, 0.25) is 0 Å². The maximum Gasteiger partial charge on any atom is 0.271 e. The number of nitrogens with one attached hydrogen (secondary N) is 2. The Hall–Kier alpha value is -1.07. The van der Waals surface area contributed by atoms with Gasteiger partial charge in [0.05, 0.1) is 6.33 Å². The fourth-order valence-electron chi connectivity index (χ4n) is 1.19. The van der Waals surface area contributed by atoms with E-state index in [1.165, 1.54) is 0 Å². The van der Waals surface area contributed by atoms with Crippen LogP contribution in [-0.2, 0) is 7.05 Å². The van der Waals surface area contributed by atoms with Crippen molar-refractivity contribution in [3.05, 3.63) is 18.2 Å². The third-order valence-corrected chi connectivity index (χ3v) is 1.95. The number of imidazole rings is 1. The summed E-state index contributed by atoms with van der Waals surface area (Å²) < 4.78 is 1.75. The van der Waals surface area contributed by atoms with E-state index in [1.54, 1.807) is 17.1 Å². The minimum Gasteiger partial charge on any atom is -0.349 e. The normalized spacial score (nSPS) is 9.62. The molecule has 1 aromatic rings. The molecule has 0 aliphatic carbocycles. The molecule has 6 heteroatoms. The van der Waals surface area contributed by atoms with Crippen LogP contribution >= 0.6 is 12.4 Å². The molecule has 1 heterocycles. The Morgan fingerprint density at radius 2 is 2.19 bits per heavy atom. The summed E-state index contributed by atoms with van der Waals surface area (Å²) in [6.07, 6.45) is 4.42. The fourth-order valence-corrected chi connectivity index (χ4v) is 1.19. The summed E-state index contributed by atoms with van der Waals surface area (Å²) >= 11 is 0. The molecule has 0 radical (unpaired) electrons. The van der Waals surface area contributed by atoms with Crippen molar-refractivity contribution in [3.63, 3.8) is 0 Å². The number of halogens is 1. The van der Waals surface area contributed by atoms with Gasteiger partial charge in [-0.25, -0.2) is 4.98 Å². The molecule has 0 aliphatic heterocycles.